The first-order chi connectivity index (χ1) is 16.6. The molecule has 186 valence electrons. The van der Waals surface area contributed by atoms with E-state index in [2.05, 4.69) is 15.0 Å². The van der Waals surface area contributed by atoms with E-state index < -0.39 is 10.0 Å². The molecule has 1 saturated carbocycles. The Balaban J connectivity index is 1.31. The number of rotatable bonds is 7. The van der Waals surface area contributed by atoms with E-state index in [0.717, 1.165) is 22.6 Å². The van der Waals surface area contributed by atoms with E-state index in [1.807, 2.05) is 31.7 Å². The molecule has 0 aliphatic heterocycles. The molecule has 1 aliphatic rings. The molecule has 2 aromatic carbocycles. The van der Waals surface area contributed by atoms with Gasteiger partial charge in [0.15, 0.2) is 0 Å². The highest BCUT2D eigenvalue weighted by Crippen LogP contribution is 2.27. The smallest absolute Gasteiger partial charge is 0.240 e. The maximum absolute atomic E-state index is 13.1. The summed E-state index contributed by atoms with van der Waals surface area (Å²) in [6.07, 6.45) is 4.31. The zero-order valence-corrected chi connectivity index (χ0v) is 21.0. The van der Waals surface area contributed by atoms with Gasteiger partial charge in [0, 0.05) is 30.8 Å². The van der Waals surface area contributed by atoms with Crippen molar-refractivity contribution in [3.63, 3.8) is 0 Å². The molecular weight excluding hydrogens is 467 g/mol. The molecule has 1 atom stereocenters. The minimum Gasteiger partial charge on any atom is -0.349 e. The molecule has 0 saturated heterocycles. The summed E-state index contributed by atoms with van der Waals surface area (Å²) in [5.41, 5.74) is 2.58. The number of imidazole rings is 1. The Bertz CT molecular complexity index is 1280. The van der Waals surface area contributed by atoms with Gasteiger partial charge in [0.2, 0.25) is 15.9 Å². The quantitative estimate of drug-likeness (QED) is 0.509. The number of hydrogen-bond donors (Lipinski definition) is 2. The fourth-order valence-corrected chi connectivity index (χ4v) is 5.90. The van der Waals surface area contributed by atoms with Gasteiger partial charge in [-0.15, -0.1) is 0 Å². The highest BCUT2D eigenvalue weighted by Gasteiger charge is 2.29. The molecule has 7 nitrogen and oxygen atoms in total. The molecule has 35 heavy (non-hydrogen) atoms. The van der Waals surface area contributed by atoms with Crippen molar-refractivity contribution in [3.8, 4) is 11.4 Å². The summed E-state index contributed by atoms with van der Waals surface area (Å²) in [6.45, 7) is 3.78. The van der Waals surface area contributed by atoms with Gasteiger partial charge in [0.05, 0.1) is 16.6 Å². The van der Waals surface area contributed by atoms with Crippen molar-refractivity contribution in [2.75, 3.05) is 0 Å². The van der Waals surface area contributed by atoms with Gasteiger partial charge in [0.1, 0.15) is 11.6 Å². The molecule has 2 N–H and O–H groups in total. The zero-order chi connectivity index (χ0) is 25.2. The summed E-state index contributed by atoms with van der Waals surface area (Å²) in [5, 5.41) is 2.99. The van der Waals surface area contributed by atoms with Crippen LogP contribution in [0.1, 0.15) is 49.9 Å². The fraction of sp³-hybridized carbons (Fsp3) is 0.385. The van der Waals surface area contributed by atoms with E-state index in [9.17, 15) is 17.6 Å². The molecule has 1 aromatic heterocycles. The van der Waals surface area contributed by atoms with Crippen molar-refractivity contribution < 1.29 is 17.6 Å². The number of aryl methyl sites for hydroxylation is 2. The van der Waals surface area contributed by atoms with Gasteiger partial charge in [-0.1, -0.05) is 12.1 Å². The summed E-state index contributed by atoms with van der Waals surface area (Å²) in [6, 6.07) is 12.4. The zero-order valence-electron chi connectivity index (χ0n) is 20.2. The van der Waals surface area contributed by atoms with Gasteiger partial charge >= 0.3 is 0 Å². The molecule has 1 fully saturated rings. The van der Waals surface area contributed by atoms with Crippen molar-refractivity contribution in [1.82, 2.24) is 19.6 Å². The topological polar surface area (TPSA) is 93.1 Å². The first-order valence-electron chi connectivity index (χ1n) is 11.8. The number of nitrogens with zero attached hydrogens (tertiary/aromatic N) is 2. The Hall–Kier alpha value is -3.04. The van der Waals surface area contributed by atoms with Gasteiger partial charge in [0.25, 0.3) is 0 Å². The van der Waals surface area contributed by atoms with Crippen molar-refractivity contribution in [2.24, 2.45) is 13.0 Å². The fourth-order valence-electron chi connectivity index (χ4n) is 4.59. The van der Waals surface area contributed by atoms with Crippen molar-refractivity contribution in [2.45, 2.75) is 56.5 Å². The van der Waals surface area contributed by atoms with E-state index in [0.29, 0.717) is 25.7 Å². The van der Waals surface area contributed by atoms with Crippen LogP contribution in [-0.2, 0) is 21.9 Å². The third-order valence-electron chi connectivity index (χ3n) is 6.57. The number of carbonyl (C=O) groups is 1. The van der Waals surface area contributed by atoms with Crippen LogP contribution in [0.15, 0.2) is 59.6 Å². The minimum atomic E-state index is -3.67. The minimum absolute atomic E-state index is 0.0526. The third kappa shape index (κ3) is 5.97. The molecule has 4 rings (SSSR count). The molecular formula is C26H31FN4O3S. The van der Waals surface area contributed by atoms with E-state index in [1.54, 1.807) is 36.4 Å². The first kappa shape index (κ1) is 25.1. The molecule has 1 heterocycles. The summed E-state index contributed by atoms with van der Waals surface area (Å²) < 4.78 is 43.7. The van der Waals surface area contributed by atoms with Crippen LogP contribution in [0, 0.1) is 18.7 Å². The lowest BCUT2D eigenvalue weighted by Crippen LogP contribution is -2.41. The maximum atomic E-state index is 13.1. The summed E-state index contributed by atoms with van der Waals surface area (Å²) in [7, 11) is -1.76. The number of aromatic nitrogens is 2. The normalized spacial score (nSPS) is 19.3. The Morgan fingerprint density at radius 3 is 2.26 bits per heavy atom. The average molecular weight is 499 g/mol. The molecule has 3 aromatic rings. The number of nitrogens with one attached hydrogen (secondary N) is 2. The molecule has 0 radical (unpaired) electrons. The lowest BCUT2D eigenvalue weighted by molar-refractivity contribution is -0.126. The van der Waals surface area contributed by atoms with Gasteiger partial charge in [-0.05, 0) is 81.5 Å². The Morgan fingerprint density at radius 1 is 1.06 bits per heavy atom. The predicted octanol–water partition coefficient (Wildman–Crippen LogP) is 4.25. The standard InChI is InChI=1S/C26H31FN4O3S/c1-17-16-31(3)25(28-17)20-8-14-24(15-9-20)35(33,34)30-23-12-6-21(7-13-23)26(32)29-18(2)19-4-10-22(27)11-5-19/h4-5,8-11,14-16,18,21,23,30H,6-7,12-13H2,1-3H3,(H,29,32)/t18-,21?,23?/m1/s1. The highest BCUT2D eigenvalue weighted by molar-refractivity contribution is 7.89. The van der Waals surface area contributed by atoms with Crippen LogP contribution >= 0.6 is 0 Å². The van der Waals surface area contributed by atoms with Crippen LogP contribution in [0.5, 0.6) is 0 Å². The van der Waals surface area contributed by atoms with Crippen molar-refractivity contribution >= 4 is 15.9 Å². The maximum Gasteiger partial charge on any atom is 0.240 e. The van der Waals surface area contributed by atoms with Gasteiger partial charge in [-0.3, -0.25) is 4.79 Å². The number of carbonyl (C=O) groups excluding carboxylic acids is 1. The predicted molar refractivity (Wildman–Crippen MR) is 132 cm³/mol. The number of halogens is 1. The second kappa shape index (κ2) is 10.3. The number of benzene rings is 2. The Labute approximate surface area is 205 Å². The van der Waals surface area contributed by atoms with E-state index in [1.165, 1.54) is 12.1 Å². The largest absolute Gasteiger partial charge is 0.349 e. The van der Waals surface area contributed by atoms with Crippen LogP contribution in [0.25, 0.3) is 11.4 Å². The number of amides is 1. The monoisotopic (exact) mass is 498 g/mol. The number of hydrogen-bond acceptors (Lipinski definition) is 4. The van der Waals surface area contributed by atoms with E-state index in [4.69, 9.17) is 0 Å². The van der Waals surface area contributed by atoms with E-state index >= 15 is 0 Å². The molecule has 0 unspecified atom stereocenters. The van der Waals surface area contributed by atoms with Crippen LogP contribution < -0.4 is 10.0 Å². The third-order valence-corrected chi connectivity index (χ3v) is 8.10. The molecule has 1 amide bonds. The summed E-state index contributed by atoms with van der Waals surface area (Å²) >= 11 is 0. The Morgan fingerprint density at radius 2 is 1.69 bits per heavy atom. The van der Waals surface area contributed by atoms with Gasteiger partial charge < -0.3 is 9.88 Å². The summed E-state index contributed by atoms with van der Waals surface area (Å²) in [4.78, 5) is 17.4. The molecule has 0 bridgehead atoms. The Kier molecular flexibility index (Phi) is 7.37. The van der Waals surface area contributed by atoms with Crippen molar-refractivity contribution in [3.05, 3.63) is 71.8 Å². The highest BCUT2D eigenvalue weighted by atomic mass is 32.2. The SMILES string of the molecule is Cc1cn(C)c(-c2ccc(S(=O)(=O)NC3CCC(C(=O)N[C@H](C)c4ccc(F)cc4)CC3)cc2)n1. The van der Waals surface area contributed by atoms with E-state index in [-0.39, 0.29) is 34.6 Å². The lowest BCUT2D eigenvalue weighted by atomic mass is 9.85. The average Bonchev–Trinajstić information content (AvgIpc) is 3.17. The van der Waals surface area contributed by atoms with Crippen LogP contribution in [0.4, 0.5) is 4.39 Å². The second-order valence-corrected chi connectivity index (χ2v) is 11.0. The molecule has 9 heteroatoms. The van der Waals surface area contributed by atoms with Crippen LogP contribution in [0.2, 0.25) is 0 Å². The number of sulfonamides is 1. The van der Waals surface area contributed by atoms with Crippen LogP contribution in [-0.4, -0.2) is 29.9 Å². The van der Waals surface area contributed by atoms with Gasteiger partial charge in [-0.25, -0.2) is 22.5 Å². The van der Waals surface area contributed by atoms with Gasteiger partial charge in [-0.2, -0.15) is 0 Å². The van der Waals surface area contributed by atoms with Crippen molar-refractivity contribution in [1.29, 1.82) is 0 Å². The molecule has 0 spiro atoms. The first-order valence-corrected chi connectivity index (χ1v) is 13.3. The van der Waals surface area contributed by atoms with Crippen LogP contribution in [0.3, 0.4) is 0 Å². The second-order valence-electron chi connectivity index (χ2n) is 9.29. The molecule has 1 aliphatic carbocycles. The lowest BCUT2D eigenvalue weighted by Gasteiger charge is -2.29. The summed E-state index contributed by atoms with van der Waals surface area (Å²) in [5.74, 6) is 0.249.